The van der Waals surface area contributed by atoms with Crippen LogP contribution in [0.3, 0.4) is 0 Å². The van der Waals surface area contributed by atoms with Crippen LogP contribution >= 0.6 is 11.6 Å². The largest absolute Gasteiger partial charge is 0.374 e. The number of rotatable bonds is 7. The molecule has 2 heterocycles. The van der Waals surface area contributed by atoms with Gasteiger partial charge >= 0.3 is 0 Å². The number of aliphatic hydroxyl groups is 1. The number of aliphatic hydroxyl groups excluding tert-OH is 1. The molecule has 3 atom stereocenters. The van der Waals surface area contributed by atoms with E-state index in [1.807, 2.05) is 30.0 Å². The number of aromatic nitrogens is 1. The highest BCUT2D eigenvalue weighted by Crippen LogP contribution is 2.34. The van der Waals surface area contributed by atoms with Crippen molar-refractivity contribution in [2.75, 3.05) is 37.4 Å². The van der Waals surface area contributed by atoms with E-state index >= 15 is 0 Å². The molecule has 0 saturated carbocycles. The highest BCUT2D eigenvalue weighted by atomic mass is 35.5. The first-order valence-corrected chi connectivity index (χ1v) is 14.3. The van der Waals surface area contributed by atoms with Gasteiger partial charge in [-0.1, -0.05) is 36.4 Å². The summed E-state index contributed by atoms with van der Waals surface area (Å²) in [6.07, 6.45) is 5.52. The number of benzene rings is 2. The average molecular weight is 557 g/mol. The second-order valence-corrected chi connectivity index (χ2v) is 12.4. The summed E-state index contributed by atoms with van der Waals surface area (Å²) in [7, 11) is -3.85. The highest BCUT2D eigenvalue weighted by Gasteiger charge is 2.34. The molecule has 0 bridgehead atoms. The maximum atomic E-state index is 13.6. The zero-order valence-corrected chi connectivity index (χ0v) is 22.5. The Balaban J connectivity index is 1.19. The van der Waals surface area contributed by atoms with Crippen molar-refractivity contribution in [3.05, 3.63) is 90.4 Å². The van der Waals surface area contributed by atoms with Crippen LogP contribution in [-0.4, -0.2) is 65.9 Å². The molecule has 0 radical (unpaired) electrons. The minimum absolute atomic E-state index is 0.00104. The summed E-state index contributed by atoms with van der Waals surface area (Å²) in [5.74, 6) is -0.308. The van der Waals surface area contributed by atoms with Gasteiger partial charge in [0.15, 0.2) is 0 Å². The van der Waals surface area contributed by atoms with E-state index in [1.54, 1.807) is 42.6 Å². The van der Waals surface area contributed by atoms with E-state index in [0.717, 1.165) is 18.5 Å². The summed E-state index contributed by atoms with van der Waals surface area (Å²) >= 11 is 6.53. The number of alkyl halides is 1. The summed E-state index contributed by atoms with van der Waals surface area (Å²) in [6.45, 7) is 5.35. The van der Waals surface area contributed by atoms with Gasteiger partial charge in [0.05, 0.1) is 10.4 Å². The molecule has 2 aromatic carbocycles. The third-order valence-electron chi connectivity index (χ3n) is 7.19. The molecule has 5 rings (SSSR count). The molecule has 7 nitrogen and oxygen atoms in total. The van der Waals surface area contributed by atoms with Gasteiger partial charge in [0, 0.05) is 55.9 Å². The molecule has 200 valence electrons. The number of piperazine rings is 1. The van der Waals surface area contributed by atoms with E-state index in [2.05, 4.69) is 14.6 Å². The highest BCUT2D eigenvalue weighted by molar-refractivity contribution is 7.93. The molecule has 1 fully saturated rings. The van der Waals surface area contributed by atoms with E-state index < -0.39 is 21.1 Å². The van der Waals surface area contributed by atoms with E-state index in [4.69, 9.17) is 11.6 Å². The second-order valence-electron chi connectivity index (χ2n) is 9.92. The second kappa shape index (κ2) is 10.7. The van der Waals surface area contributed by atoms with E-state index in [-0.39, 0.29) is 16.6 Å². The quantitative estimate of drug-likeness (QED) is 0.411. The van der Waals surface area contributed by atoms with Crippen molar-refractivity contribution in [3.8, 4) is 0 Å². The lowest BCUT2D eigenvalue weighted by Crippen LogP contribution is -2.50. The van der Waals surface area contributed by atoms with Crippen LogP contribution < -0.4 is 4.72 Å². The summed E-state index contributed by atoms with van der Waals surface area (Å²) in [5, 5.41) is 11.7. The van der Waals surface area contributed by atoms with Gasteiger partial charge in [-0.25, -0.2) is 12.8 Å². The molecule has 2 N–H and O–H groups in total. The standard InChI is InChI=1S/C28H30ClFN4O3S/c1-28(29)18-23(30)10-9-22(28)19-33-14-16-34(17-15-33)27(35)21-7-11-24(12-8-21)32-38(36,37)25-6-2-4-20-5-3-13-31-26(20)25/h2-13,18,22,27,32,35H,14-17,19H2,1H3/t22?,27?,28-/m1/s1. The fraction of sp³-hybridized carbons (Fsp3) is 0.321. The normalized spacial score (nSPS) is 23.8. The third kappa shape index (κ3) is 5.77. The lowest BCUT2D eigenvalue weighted by atomic mass is 9.88. The Bertz CT molecular complexity index is 1460. The van der Waals surface area contributed by atoms with Crippen molar-refractivity contribution in [2.24, 2.45) is 5.92 Å². The number of para-hydroxylation sites is 1. The Morgan fingerprint density at radius 1 is 1.13 bits per heavy atom. The van der Waals surface area contributed by atoms with Gasteiger partial charge in [-0.15, -0.1) is 11.6 Å². The van der Waals surface area contributed by atoms with Gasteiger partial charge in [-0.05, 0) is 48.9 Å². The number of anilines is 1. The van der Waals surface area contributed by atoms with Gasteiger partial charge in [0.25, 0.3) is 10.0 Å². The maximum Gasteiger partial charge on any atom is 0.264 e. The Kier molecular flexibility index (Phi) is 7.57. The zero-order valence-electron chi connectivity index (χ0n) is 21.0. The van der Waals surface area contributed by atoms with Crippen LogP contribution in [0.4, 0.5) is 10.1 Å². The summed E-state index contributed by atoms with van der Waals surface area (Å²) in [4.78, 5) is 7.84. The molecule has 1 aliphatic heterocycles. The SMILES string of the molecule is C[C@@]1(Cl)C=C(F)C=CC1CN1CCN(C(O)c2ccc(NS(=O)(=O)c3cccc4cccnc34)cc2)CC1. The minimum Gasteiger partial charge on any atom is -0.374 e. The van der Waals surface area contributed by atoms with Crippen LogP contribution in [-0.2, 0) is 10.0 Å². The third-order valence-corrected chi connectivity index (χ3v) is 8.99. The lowest BCUT2D eigenvalue weighted by molar-refractivity contribution is -0.0289. The fourth-order valence-corrected chi connectivity index (χ4v) is 6.45. The number of hydrogen-bond acceptors (Lipinski definition) is 6. The van der Waals surface area contributed by atoms with Gasteiger partial charge in [0.2, 0.25) is 0 Å². The number of halogens is 2. The number of sulfonamides is 1. The van der Waals surface area contributed by atoms with Crippen molar-refractivity contribution in [1.82, 2.24) is 14.8 Å². The Morgan fingerprint density at radius 3 is 2.55 bits per heavy atom. The Labute approximate surface area is 227 Å². The molecule has 1 saturated heterocycles. The summed E-state index contributed by atoms with van der Waals surface area (Å²) in [5.41, 5.74) is 1.48. The number of allylic oxidation sites excluding steroid dienone is 3. The number of nitrogens with zero attached hydrogens (tertiary/aromatic N) is 3. The molecule has 1 aromatic heterocycles. The lowest BCUT2D eigenvalue weighted by Gasteiger charge is -2.40. The molecule has 1 aliphatic carbocycles. The fourth-order valence-electron chi connectivity index (χ4n) is 4.97. The van der Waals surface area contributed by atoms with Crippen molar-refractivity contribution >= 4 is 38.2 Å². The van der Waals surface area contributed by atoms with Crippen molar-refractivity contribution < 1.29 is 17.9 Å². The Hall–Kier alpha value is -2.82. The number of fused-ring (bicyclic) bond motifs is 1. The molecule has 2 aliphatic rings. The van der Waals surface area contributed by atoms with Crippen LogP contribution in [0.2, 0.25) is 0 Å². The smallest absolute Gasteiger partial charge is 0.264 e. The van der Waals surface area contributed by atoms with Crippen molar-refractivity contribution in [1.29, 1.82) is 0 Å². The summed E-state index contributed by atoms with van der Waals surface area (Å²) < 4.78 is 42.3. The van der Waals surface area contributed by atoms with Crippen LogP contribution in [0, 0.1) is 5.92 Å². The van der Waals surface area contributed by atoms with Gasteiger partial charge < -0.3 is 10.0 Å². The zero-order chi connectivity index (χ0) is 26.9. The number of pyridine rings is 1. The molecule has 2 unspecified atom stereocenters. The molecule has 10 heteroatoms. The monoisotopic (exact) mass is 556 g/mol. The van der Waals surface area contributed by atoms with E-state index in [1.165, 1.54) is 18.2 Å². The molecular weight excluding hydrogens is 527 g/mol. The van der Waals surface area contributed by atoms with Crippen LogP contribution in [0.5, 0.6) is 0 Å². The average Bonchev–Trinajstić information content (AvgIpc) is 2.90. The predicted octanol–water partition coefficient (Wildman–Crippen LogP) is 4.68. The van der Waals surface area contributed by atoms with Crippen molar-refractivity contribution in [2.45, 2.75) is 22.9 Å². The molecule has 3 aromatic rings. The van der Waals surface area contributed by atoms with E-state index in [9.17, 15) is 17.9 Å². The first-order chi connectivity index (χ1) is 18.1. The summed E-state index contributed by atoms with van der Waals surface area (Å²) in [6, 6.07) is 15.4. The van der Waals surface area contributed by atoms with E-state index in [0.29, 0.717) is 36.4 Å². The molecular formula is C28H30ClFN4O3S. The molecule has 38 heavy (non-hydrogen) atoms. The number of hydrogen-bond donors (Lipinski definition) is 2. The molecule has 0 amide bonds. The predicted molar refractivity (Wildman–Crippen MR) is 148 cm³/mol. The Morgan fingerprint density at radius 2 is 1.84 bits per heavy atom. The molecule has 0 spiro atoms. The topological polar surface area (TPSA) is 85.8 Å². The van der Waals surface area contributed by atoms with Gasteiger partial charge in [-0.2, -0.15) is 0 Å². The maximum absolute atomic E-state index is 13.6. The van der Waals surface area contributed by atoms with Crippen LogP contribution in [0.1, 0.15) is 18.7 Å². The van der Waals surface area contributed by atoms with Gasteiger partial charge in [-0.3, -0.25) is 14.6 Å². The first kappa shape index (κ1) is 26.8. The number of nitrogens with one attached hydrogen (secondary N) is 1. The van der Waals surface area contributed by atoms with Crippen molar-refractivity contribution in [3.63, 3.8) is 0 Å². The van der Waals surface area contributed by atoms with Gasteiger partial charge in [0.1, 0.15) is 17.0 Å². The van der Waals surface area contributed by atoms with Crippen LogP contribution in [0.25, 0.3) is 10.9 Å². The van der Waals surface area contributed by atoms with Crippen LogP contribution in [0.15, 0.2) is 89.7 Å². The first-order valence-electron chi connectivity index (χ1n) is 12.5. The minimum atomic E-state index is -3.85.